The molecule has 0 radical (unpaired) electrons. The third-order valence-corrected chi connectivity index (χ3v) is 1.42. The maximum absolute atomic E-state index is 9.84. The summed E-state index contributed by atoms with van der Waals surface area (Å²) in [6.07, 6.45) is 1.11. The number of rotatable bonds is 1. The first-order valence-electron chi connectivity index (χ1n) is 2.98. The summed E-state index contributed by atoms with van der Waals surface area (Å²) in [4.78, 5) is 9.84. The van der Waals surface area contributed by atoms with E-state index in [2.05, 4.69) is 11.3 Å². The number of esters is 1. The smallest absolute Gasteiger partial charge is 0.329 e. The average Bonchev–Trinajstić information content (AvgIpc) is 2.60. The molecule has 0 saturated carbocycles. The van der Waals surface area contributed by atoms with Gasteiger partial charge in [-0.2, -0.15) is 11.3 Å². The first-order chi connectivity index (χ1) is 5.31. The van der Waals surface area contributed by atoms with Crippen LogP contribution in [0.15, 0.2) is 35.5 Å². The highest BCUT2D eigenvalue weighted by Crippen LogP contribution is 1.91. The van der Waals surface area contributed by atoms with Gasteiger partial charge in [0.1, 0.15) is 0 Å². The van der Waals surface area contributed by atoms with Crippen LogP contribution in [0.4, 0.5) is 0 Å². The van der Waals surface area contributed by atoms with Gasteiger partial charge in [-0.1, -0.05) is 18.7 Å². The monoisotopic (exact) mass is 170 g/mol. The van der Waals surface area contributed by atoms with Gasteiger partial charge >= 0.3 is 5.97 Å². The first kappa shape index (κ1) is 9.91. The number of carbonyl (C=O) groups excluding carboxylic acids is 1. The summed E-state index contributed by atoms with van der Waals surface area (Å²) in [5.74, 6) is -0.394. The Morgan fingerprint density at radius 2 is 2.09 bits per heavy atom. The van der Waals surface area contributed by atoms with E-state index < -0.39 is 5.97 Å². The van der Waals surface area contributed by atoms with Gasteiger partial charge in [0.2, 0.25) is 0 Å². The van der Waals surface area contributed by atoms with Gasteiger partial charge in [-0.15, -0.1) is 0 Å². The number of ether oxygens (including phenoxy) is 1. The molecule has 0 fully saturated rings. The van der Waals surface area contributed by atoms with E-state index in [1.54, 1.807) is 11.3 Å². The molecule has 1 aromatic rings. The lowest BCUT2D eigenvalue weighted by Crippen LogP contribution is -1.91. The van der Waals surface area contributed by atoms with Crippen LogP contribution in [0.1, 0.15) is 0 Å². The van der Waals surface area contributed by atoms with Crippen LogP contribution in [0.3, 0.4) is 0 Å². The van der Waals surface area contributed by atoms with E-state index in [0.717, 1.165) is 6.08 Å². The number of thiophene rings is 1. The van der Waals surface area contributed by atoms with Gasteiger partial charge in [-0.25, -0.2) is 4.79 Å². The van der Waals surface area contributed by atoms with Crippen molar-refractivity contribution in [3.05, 3.63) is 35.5 Å². The Labute approximate surface area is 70.1 Å². The van der Waals surface area contributed by atoms with Crippen molar-refractivity contribution in [1.29, 1.82) is 0 Å². The number of hydrogen-bond acceptors (Lipinski definition) is 3. The maximum atomic E-state index is 9.84. The Bertz CT molecular complexity index is 175. The Hall–Kier alpha value is -1.09. The van der Waals surface area contributed by atoms with Crippen LogP contribution in [0.5, 0.6) is 0 Å². The molecule has 60 valence electrons. The molecule has 0 aliphatic heterocycles. The summed E-state index contributed by atoms with van der Waals surface area (Å²) < 4.78 is 4.14. The zero-order chi connectivity index (χ0) is 8.53. The van der Waals surface area contributed by atoms with Gasteiger partial charge in [-0.05, 0) is 10.8 Å². The molecule has 0 spiro atoms. The predicted molar refractivity (Wildman–Crippen MR) is 46.5 cm³/mol. The lowest BCUT2D eigenvalue weighted by atomic mass is 10.7. The molecule has 0 aromatic carbocycles. The number of hydrogen-bond donors (Lipinski definition) is 0. The van der Waals surface area contributed by atoms with E-state index in [1.165, 1.54) is 7.11 Å². The van der Waals surface area contributed by atoms with Crippen molar-refractivity contribution < 1.29 is 9.53 Å². The Balaban J connectivity index is 0.000000183. The number of methoxy groups -OCH3 is 1. The molecule has 0 bridgehead atoms. The fourth-order valence-electron chi connectivity index (χ4n) is 0.310. The molecular weight excluding hydrogens is 160 g/mol. The van der Waals surface area contributed by atoms with Crippen LogP contribution < -0.4 is 0 Å². The molecule has 1 heterocycles. The van der Waals surface area contributed by atoms with E-state index >= 15 is 0 Å². The highest BCUT2D eigenvalue weighted by Gasteiger charge is 1.81. The quantitative estimate of drug-likeness (QED) is 0.476. The van der Waals surface area contributed by atoms with Crippen molar-refractivity contribution in [1.82, 2.24) is 0 Å². The van der Waals surface area contributed by atoms with Crippen molar-refractivity contribution in [3.63, 3.8) is 0 Å². The normalized spacial score (nSPS) is 7.36. The molecule has 0 atom stereocenters. The van der Waals surface area contributed by atoms with Crippen molar-refractivity contribution in [2.24, 2.45) is 0 Å². The summed E-state index contributed by atoms with van der Waals surface area (Å²) in [5, 5.41) is 4.08. The van der Waals surface area contributed by atoms with Gasteiger partial charge in [0.05, 0.1) is 7.11 Å². The molecule has 1 aromatic heterocycles. The van der Waals surface area contributed by atoms with E-state index in [0.29, 0.717) is 0 Å². The first-order valence-corrected chi connectivity index (χ1v) is 3.93. The molecule has 3 heteroatoms. The molecule has 0 aliphatic rings. The third kappa shape index (κ3) is 6.80. The standard InChI is InChI=1S/C4H6O2.C4H4S/c1-3-4(5)6-2;1-2-4-5-3-1/h3H,1H2,2H3;1-4H. The predicted octanol–water partition coefficient (Wildman–Crippen LogP) is 2.09. The third-order valence-electron chi connectivity index (χ3n) is 0.793. The molecule has 0 unspecified atom stereocenters. The minimum absolute atomic E-state index is 0.394. The zero-order valence-corrected chi connectivity index (χ0v) is 7.14. The second-order valence-corrected chi connectivity index (χ2v) is 2.34. The van der Waals surface area contributed by atoms with Gasteiger partial charge in [0.15, 0.2) is 0 Å². The van der Waals surface area contributed by atoms with E-state index in [4.69, 9.17) is 0 Å². The largest absolute Gasteiger partial charge is 0.466 e. The van der Waals surface area contributed by atoms with Crippen LogP contribution in [-0.2, 0) is 9.53 Å². The van der Waals surface area contributed by atoms with Crippen molar-refractivity contribution >= 4 is 17.3 Å². The summed E-state index contributed by atoms with van der Waals surface area (Å²) in [7, 11) is 1.31. The number of carbonyl (C=O) groups is 1. The van der Waals surface area contributed by atoms with Crippen molar-refractivity contribution in [3.8, 4) is 0 Å². The minimum atomic E-state index is -0.394. The summed E-state index contributed by atoms with van der Waals surface area (Å²) >= 11 is 1.71. The van der Waals surface area contributed by atoms with Gasteiger partial charge in [-0.3, -0.25) is 0 Å². The van der Waals surface area contributed by atoms with E-state index in [9.17, 15) is 4.79 Å². The summed E-state index contributed by atoms with van der Waals surface area (Å²) in [6, 6.07) is 4.04. The summed E-state index contributed by atoms with van der Waals surface area (Å²) in [5.41, 5.74) is 0. The maximum Gasteiger partial charge on any atom is 0.329 e. The molecule has 2 nitrogen and oxygen atoms in total. The van der Waals surface area contributed by atoms with Gasteiger partial charge in [0.25, 0.3) is 0 Å². The SMILES string of the molecule is C=CC(=O)OC.c1ccsc1. The Morgan fingerprint density at radius 3 is 2.18 bits per heavy atom. The van der Waals surface area contributed by atoms with Crippen molar-refractivity contribution in [2.75, 3.05) is 7.11 Å². The van der Waals surface area contributed by atoms with Crippen LogP contribution in [0.2, 0.25) is 0 Å². The average molecular weight is 170 g/mol. The minimum Gasteiger partial charge on any atom is -0.466 e. The molecule has 0 amide bonds. The fourth-order valence-corrected chi connectivity index (χ4v) is 0.764. The molecule has 0 saturated heterocycles. The Morgan fingerprint density at radius 1 is 1.55 bits per heavy atom. The van der Waals surface area contributed by atoms with E-state index in [1.807, 2.05) is 22.9 Å². The molecule has 0 N–H and O–H groups in total. The molecular formula is C8H10O2S. The highest BCUT2D eigenvalue weighted by atomic mass is 32.1. The molecule has 1 rings (SSSR count). The topological polar surface area (TPSA) is 26.3 Å². The highest BCUT2D eigenvalue weighted by molar-refractivity contribution is 7.07. The van der Waals surface area contributed by atoms with Crippen LogP contribution in [0, 0.1) is 0 Å². The molecule has 0 aliphatic carbocycles. The second-order valence-electron chi connectivity index (χ2n) is 1.52. The molecule has 11 heavy (non-hydrogen) atoms. The van der Waals surface area contributed by atoms with Crippen molar-refractivity contribution in [2.45, 2.75) is 0 Å². The summed E-state index contributed by atoms with van der Waals surface area (Å²) in [6.45, 7) is 3.16. The lowest BCUT2D eigenvalue weighted by molar-refractivity contribution is -0.134. The van der Waals surface area contributed by atoms with E-state index in [-0.39, 0.29) is 0 Å². The van der Waals surface area contributed by atoms with Gasteiger partial charge < -0.3 is 4.74 Å². The Kier molecular flexibility index (Phi) is 6.33. The van der Waals surface area contributed by atoms with Crippen LogP contribution >= 0.6 is 11.3 Å². The zero-order valence-electron chi connectivity index (χ0n) is 6.32. The van der Waals surface area contributed by atoms with Gasteiger partial charge in [0, 0.05) is 6.08 Å². The lowest BCUT2D eigenvalue weighted by Gasteiger charge is -1.83. The fraction of sp³-hybridized carbons (Fsp3) is 0.125. The second kappa shape index (κ2) is 7.02. The van der Waals surface area contributed by atoms with Crippen LogP contribution in [-0.4, -0.2) is 13.1 Å². The van der Waals surface area contributed by atoms with Crippen LogP contribution in [0.25, 0.3) is 0 Å².